The highest BCUT2D eigenvalue weighted by molar-refractivity contribution is 7.98. The summed E-state index contributed by atoms with van der Waals surface area (Å²) in [6.07, 6.45) is -4.32. The van der Waals surface area contributed by atoms with E-state index in [-0.39, 0.29) is 12.0 Å². The zero-order valence-electron chi connectivity index (χ0n) is 13.6. The van der Waals surface area contributed by atoms with Gasteiger partial charge in [0.1, 0.15) is 5.82 Å². The molecule has 0 aliphatic carbocycles. The van der Waals surface area contributed by atoms with Gasteiger partial charge in [0.15, 0.2) is 5.16 Å². The van der Waals surface area contributed by atoms with Crippen LogP contribution in [0.4, 0.5) is 13.2 Å². The van der Waals surface area contributed by atoms with Gasteiger partial charge in [-0.1, -0.05) is 43.8 Å². The van der Waals surface area contributed by atoms with Gasteiger partial charge in [-0.05, 0) is 25.5 Å². The number of hydrogen-bond acceptors (Lipinski definition) is 3. The van der Waals surface area contributed by atoms with Crippen LogP contribution in [0.3, 0.4) is 0 Å². The van der Waals surface area contributed by atoms with Crippen molar-refractivity contribution in [2.24, 2.45) is 0 Å². The minimum atomic E-state index is -4.32. The molecule has 0 bridgehead atoms. The molecule has 0 aliphatic rings. The van der Waals surface area contributed by atoms with E-state index in [1.807, 2.05) is 32.3 Å². The van der Waals surface area contributed by atoms with Crippen molar-refractivity contribution in [3.8, 4) is 0 Å². The number of rotatable bonds is 5. The molecule has 1 aromatic heterocycles. The summed E-state index contributed by atoms with van der Waals surface area (Å²) in [5.41, 5.74) is -0.00183. The largest absolute Gasteiger partial charge is 0.416 e. The fourth-order valence-corrected chi connectivity index (χ4v) is 3.27. The van der Waals surface area contributed by atoms with E-state index >= 15 is 0 Å². The van der Waals surface area contributed by atoms with Gasteiger partial charge in [0.2, 0.25) is 0 Å². The van der Waals surface area contributed by atoms with Crippen LogP contribution < -0.4 is 0 Å². The number of aromatic nitrogens is 3. The summed E-state index contributed by atoms with van der Waals surface area (Å²) in [7, 11) is 0. The van der Waals surface area contributed by atoms with E-state index in [4.69, 9.17) is 0 Å². The highest BCUT2D eigenvalue weighted by Gasteiger charge is 2.30. The zero-order chi connectivity index (χ0) is 17.2. The van der Waals surface area contributed by atoms with E-state index in [1.54, 1.807) is 6.07 Å². The highest BCUT2D eigenvalue weighted by atomic mass is 32.2. The van der Waals surface area contributed by atoms with Gasteiger partial charge in [0.25, 0.3) is 0 Å². The van der Waals surface area contributed by atoms with E-state index in [0.717, 1.165) is 17.0 Å². The summed E-state index contributed by atoms with van der Waals surface area (Å²) in [5, 5.41) is 9.15. The van der Waals surface area contributed by atoms with Crippen molar-refractivity contribution >= 4 is 11.8 Å². The number of nitrogens with zero attached hydrogens (tertiary/aromatic N) is 3. The maximum absolute atomic E-state index is 12.8. The smallest absolute Gasteiger partial charge is 0.303 e. The standard InChI is InChI=1S/C16H20F3N3S/c1-10(2)14-20-21-15(22(14)11(3)4)23-9-12-6-5-7-13(8-12)16(17,18)19/h5-8,10-11H,9H2,1-4H3. The third-order valence-corrected chi connectivity index (χ3v) is 4.36. The van der Waals surface area contributed by atoms with E-state index in [0.29, 0.717) is 11.3 Å². The third-order valence-electron chi connectivity index (χ3n) is 3.35. The predicted molar refractivity (Wildman–Crippen MR) is 85.5 cm³/mol. The van der Waals surface area contributed by atoms with Crippen molar-refractivity contribution in [1.29, 1.82) is 0 Å². The van der Waals surface area contributed by atoms with Gasteiger partial charge in [-0.2, -0.15) is 13.2 Å². The summed E-state index contributed by atoms with van der Waals surface area (Å²) < 4.78 is 40.3. The Morgan fingerprint density at radius 3 is 2.39 bits per heavy atom. The number of alkyl halides is 3. The van der Waals surface area contributed by atoms with E-state index < -0.39 is 11.7 Å². The summed E-state index contributed by atoms with van der Waals surface area (Å²) >= 11 is 1.41. The summed E-state index contributed by atoms with van der Waals surface area (Å²) in [6.45, 7) is 8.18. The van der Waals surface area contributed by atoms with Crippen molar-refractivity contribution in [2.45, 2.75) is 56.7 Å². The van der Waals surface area contributed by atoms with E-state index in [1.165, 1.54) is 23.9 Å². The lowest BCUT2D eigenvalue weighted by Gasteiger charge is -2.15. The number of thioether (sulfide) groups is 1. The molecule has 0 fully saturated rings. The SMILES string of the molecule is CC(C)c1nnc(SCc2cccc(C(F)(F)F)c2)n1C(C)C. The average molecular weight is 343 g/mol. The van der Waals surface area contributed by atoms with Crippen LogP contribution in [-0.4, -0.2) is 14.8 Å². The van der Waals surface area contributed by atoms with Crippen molar-refractivity contribution < 1.29 is 13.2 Å². The molecule has 0 amide bonds. The van der Waals surface area contributed by atoms with Gasteiger partial charge >= 0.3 is 6.18 Å². The van der Waals surface area contributed by atoms with Crippen molar-refractivity contribution in [2.75, 3.05) is 0 Å². The molecule has 0 atom stereocenters. The van der Waals surface area contributed by atoms with Crippen LogP contribution in [0.15, 0.2) is 29.4 Å². The molecular weight excluding hydrogens is 323 g/mol. The lowest BCUT2D eigenvalue weighted by molar-refractivity contribution is -0.137. The maximum Gasteiger partial charge on any atom is 0.416 e. The van der Waals surface area contributed by atoms with E-state index in [9.17, 15) is 13.2 Å². The molecule has 0 saturated heterocycles. The molecule has 1 aromatic carbocycles. The minimum Gasteiger partial charge on any atom is -0.303 e. The Balaban J connectivity index is 2.19. The van der Waals surface area contributed by atoms with Gasteiger partial charge in [-0.3, -0.25) is 0 Å². The van der Waals surface area contributed by atoms with Crippen LogP contribution in [0.1, 0.15) is 56.6 Å². The van der Waals surface area contributed by atoms with Crippen molar-refractivity contribution in [3.63, 3.8) is 0 Å². The second kappa shape index (κ2) is 6.95. The highest BCUT2D eigenvalue weighted by Crippen LogP contribution is 2.32. The molecule has 2 aromatic rings. The Labute approximate surface area is 138 Å². The molecule has 0 spiro atoms. The predicted octanol–water partition coefficient (Wildman–Crippen LogP) is 5.29. The van der Waals surface area contributed by atoms with Gasteiger partial charge in [0.05, 0.1) is 5.56 Å². The molecule has 23 heavy (non-hydrogen) atoms. The molecule has 1 heterocycles. The molecule has 0 unspecified atom stereocenters. The van der Waals surface area contributed by atoms with Gasteiger partial charge < -0.3 is 4.57 Å². The van der Waals surface area contributed by atoms with Crippen LogP contribution in [0.25, 0.3) is 0 Å². The van der Waals surface area contributed by atoms with Crippen LogP contribution in [0, 0.1) is 0 Å². The van der Waals surface area contributed by atoms with Crippen LogP contribution in [0.5, 0.6) is 0 Å². The summed E-state index contributed by atoms with van der Waals surface area (Å²) in [5.74, 6) is 1.56. The fourth-order valence-electron chi connectivity index (χ4n) is 2.25. The monoisotopic (exact) mass is 343 g/mol. The van der Waals surface area contributed by atoms with E-state index in [2.05, 4.69) is 10.2 Å². The first-order chi connectivity index (χ1) is 10.7. The first-order valence-electron chi connectivity index (χ1n) is 7.44. The second-order valence-electron chi connectivity index (χ2n) is 5.95. The zero-order valence-corrected chi connectivity index (χ0v) is 14.4. The molecule has 2 rings (SSSR count). The first kappa shape index (κ1) is 17.8. The molecule has 0 saturated carbocycles. The summed E-state index contributed by atoms with van der Waals surface area (Å²) in [4.78, 5) is 0. The lowest BCUT2D eigenvalue weighted by atomic mass is 10.1. The van der Waals surface area contributed by atoms with Crippen molar-refractivity contribution in [3.05, 3.63) is 41.2 Å². The normalized spacial score (nSPS) is 12.4. The molecular formula is C16H20F3N3S. The molecule has 0 N–H and O–H groups in total. The van der Waals surface area contributed by atoms with Gasteiger partial charge in [-0.15, -0.1) is 10.2 Å². The minimum absolute atomic E-state index is 0.200. The number of halogens is 3. The first-order valence-corrected chi connectivity index (χ1v) is 8.42. The molecule has 126 valence electrons. The Morgan fingerprint density at radius 2 is 1.83 bits per heavy atom. The lowest BCUT2D eigenvalue weighted by Crippen LogP contribution is -2.09. The van der Waals surface area contributed by atoms with Crippen LogP contribution >= 0.6 is 11.8 Å². The molecule has 7 heteroatoms. The van der Waals surface area contributed by atoms with Crippen molar-refractivity contribution in [1.82, 2.24) is 14.8 Å². The van der Waals surface area contributed by atoms with Crippen LogP contribution in [0.2, 0.25) is 0 Å². The second-order valence-corrected chi connectivity index (χ2v) is 6.89. The maximum atomic E-state index is 12.8. The Bertz CT molecular complexity index is 663. The fraction of sp³-hybridized carbons (Fsp3) is 0.500. The van der Waals surface area contributed by atoms with Crippen LogP contribution in [-0.2, 0) is 11.9 Å². The number of hydrogen-bond donors (Lipinski definition) is 0. The van der Waals surface area contributed by atoms with Gasteiger partial charge in [-0.25, -0.2) is 0 Å². The quantitative estimate of drug-likeness (QED) is 0.691. The Hall–Kier alpha value is -1.50. The molecule has 0 aliphatic heterocycles. The molecule has 0 radical (unpaired) electrons. The number of benzene rings is 1. The van der Waals surface area contributed by atoms with Gasteiger partial charge in [0, 0.05) is 17.7 Å². The topological polar surface area (TPSA) is 30.7 Å². The third kappa shape index (κ3) is 4.28. The Kier molecular flexibility index (Phi) is 5.39. The molecule has 3 nitrogen and oxygen atoms in total. The Morgan fingerprint density at radius 1 is 1.13 bits per heavy atom. The average Bonchev–Trinajstić information content (AvgIpc) is 2.89. The summed E-state index contributed by atoms with van der Waals surface area (Å²) in [6, 6.07) is 5.60.